The minimum absolute atomic E-state index is 0.830. The molecule has 1 heteroatoms. The number of aryl methyl sites for hydroxylation is 1. The van der Waals surface area contributed by atoms with Crippen LogP contribution < -0.4 is 0 Å². The maximum Gasteiger partial charge on any atom is 0.204 e. The molecule has 0 N–H and O–H groups in total. The molecule has 0 aliphatic rings. The van der Waals surface area contributed by atoms with Crippen LogP contribution in [-0.2, 0) is 0 Å². The summed E-state index contributed by atoms with van der Waals surface area (Å²) < 4.78 is 1.93. The van der Waals surface area contributed by atoms with E-state index in [4.69, 9.17) is 0 Å². The summed E-state index contributed by atoms with van der Waals surface area (Å²) in [6, 6.07) is 8.29. The van der Waals surface area contributed by atoms with Gasteiger partial charge in [0.2, 0.25) is 5.70 Å². The Morgan fingerprint density at radius 3 is 2.25 bits per heavy atom. The van der Waals surface area contributed by atoms with E-state index in [-0.39, 0.29) is 0 Å². The lowest BCUT2D eigenvalue weighted by molar-refractivity contribution is -0.432. The number of hydrogen-bond donors (Lipinski definition) is 0. The molecule has 102 valence electrons. The van der Waals surface area contributed by atoms with Gasteiger partial charge in [-0.05, 0) is 25.1 Å². The van der Waals surface area contributed by atoms with E-state index in [1.807, 2.05) is 30.0 Å². The minimum Gasteiger partial charge on any atom is -0.201 e. The monoisotopic (exact) mass is 264 g/mol. The van der Waals surface area contributed by atoms with Crippen LogP contribution in [0.4, 0.5) is 0 Å². The lowest BCUT2D eigenvalue weighted by Gasteiger charge is -2.03. The highest BCUT2D eigenvalue weighted by atomic mass is 15.0. The van der Waals surface area contributed by atoms with E-state index in [9.17, 15) is 0 Å². The maximum atomic E-state index is 4.10. The van der Waals surface area contributed by atoms with Crippen molar-refractivity contribution in [1.29, 1.82) is 0 Å². The van der Waals surface area contributed by atoms with Gasteiger partial charge in [-0.2, -0.15) is 0 Å². The Morgan fingerprint density at radius 1 is 1.10 bits per heavy atom. The van der Waals surface area contributed by atoms with Crippen LogP contribution in [0.15, 0.2) is 80.1 Å². The van der Waals surface area contributed by atoms with Gasteiger partial charge in [0, 0.05) is 11.1 Å². The van der Waals surface area contributed by atoms with Gasteiger partial charge in [0.15, 0.2) is 6.21 Å². The first kappa shape index (κ1) is 15.6. The first-order chi connectivity index (χ1) is 9.45. The standard InChI is InChI=1S/C19H22N/c1-7-8-9-16(3)18(5)20(6)14-17(4)19-12-10-15(2)11-13-19/h7-14H,1,3-5H2,2,6H3/q+1/b9-8-,20-14?. The van der Waals surface area contributed by atoms with Gasteiger partial charge in [-0.15, -0.1) is 0 Å². The molecular formula is C19H22N+. The van der Waals surface area contributed by atoms with Gasteiger partial charge < -0.3 is 0 Å². The first-order valence-electron chi connectivity index (χ1n) is 6.46. The van der Waals surface area contributed by atoms with Crippen molar-refractivity contribution in [2.75, 3.05) is 7.05 Å². The number of rotatable bonds is 6. The predicted molar refractivity (Wildman–Crippen MR) is 90.1 cm³/mol. The van der Waals surface area contributed by atoms with Crippen LogP contribution in [0, 0.1) is 6.92 Å². The molecule has 0 fully saturated rings. The van der Waals surface area contributed by atoms with Crippen molar-refractivity contribution < 1.29 is 4.58 Å². The summed E-state index contributed by atoms with van der Waals surface area (Å²) in [5, 5.41) is 0. The fraction of sp³-hybridized carbons (Fsp3) is 0.105. The number of benzene rings is 1. The Balaban J connectivity index is 2.87. The van der Waals surface area contributed by atoms with Gasteiger partial charge in [-0.1, -0.05) is 61.7 Å². The highest BCUT2D eigenvalue weighted by Crippen LogP contribution is 2.13. The predicted octanol–water partition coefficient (Wildman–Crippen LogP) is 4.53. The van der Waals surface area contributed by atoms with Crippen LogP contribution >= 0.6 is 0 Å². The summed E-state index contributed by atoms with van der Waals surface area (Å²) in [6.45, 7) is 17.8. The molecule has 0 saturated heterocycles. The zero-order valence-corrected chi connectivity index (χ0v) is 12.4. The molecule has 0 bridgehead atoms. The molecule has 0 atom stereocenters. The van der Waals surface area contributed by atoms with Crippen molar-refractivity contribution >= 4 is 11.8 Å². The van der Waals surface area contributed by atoms with Crippen molar-refractivity contribution in [2.24, 2.45) is 0 Å². The topological polar surface area (TPSA) is 3.01 Å². The average Bonchev–Trinajstić information content (AvgIpc) is 2.44. The Morgan fingerprint density at radius 2 is 1.70 bits per heavy atom. The largest absolute Gasteiger partial charge is 0.204 e. The summed E-state index contributed by atoms with van der Waals surface area (Å²) >= 11 is 0. The molecule has 0 heterocycles. The van der Waals surface area contributed by atoms with Crippen LogP contribution in [0.25, 0.3) is 5.57 Å². The zero-order chi connectivity index (χ0) is 15.1. The highest BCUT2D eigenvalue weighted by Gasteiger charge is 2.08. The summed E-state index contributed by atoms with van der Waals surface area (Å²) in [5.41, 5.74) is 4.95. The van der Waals surface area contributed by atoms with E-state index in [1.54, 1.807) is 6.08 Å². The lowest BCUT2D eigenvalue weighted by atomic mass is 10.1. The molecular weight excluding hydrogens is 242 g/mol. The molecule has 1 rings (SSSR count). The van der Waals surface area contributed by atoms with Crippen molar-refractivity contribution in [3.63, 3.8) is 0 Å². The van der Waals surface area contributed by atoms with E-state index < -0.39 is 0 Å². The Kier molecular flexibility index (Phi) is 5.67. The molecule has 0 aliphatic heterocycles. The van der Waals surface area contributed by atoms with Gasteiger partial charge in [0.05, 0.1) is 0 Å². The van der Waals surface area contributed by atoms with E-state index >= 15 is 0 Å². The number of allylic oxidation sites excluding steroid dienone is 4. The second kappa shape index (κ2) is 7.25. The summed E-state index contributed by atoms with van der Waals surface area (Å²) in [7, 11) is 1.94. The summed E-state index contributed by atoms with van der Waals surface area (Å²) in [4.78, 5) is 0. The smallest absolute Gasteiger partial charge is 0.201 e. The van der Waals surface area contributed by atoms with Gasteiger partial charge >= 0.3 is 0 Å². The molecule has 20 heavy (non-hydrogen) atoms. The van der Waals surface area contributed by atoms with E-state index in [0.29, 0.717) is 0 Å². The fourth-order valence-electron chi connectivity index (χ4n) is 1.66. The number of likely N-dealkylation sites (N-methyl/N-ethyl adjacent to an activating group) is 1. The van der Waals surface area contributed by atoms with Crippen molar-refractivity contribution in [3.05, 3.63) is 91.2 Å². The maximum absolute atomic E-state index is 4.10. The quantitative estimate of drug-likeness (QED) is 0.403. The SMILES string of the molecule is C=C/C=C\C(=C)C(=C)[N+](C)=CC(=C)c1ccc(C)cc1. The molecule has 1 aromatic carbocycles. The summed E-state index contributed by atoms with van der Waals surface area (Å²) in [6.07, 6.45) is 7.40. The Bertz CT molecular complexity index is 595. The second-order valence-electron chi connectivity index (χ2n) is 4.70. The van der Waals surface area contributed by atoms with Crippen LogP contribution in [0.1, 0.15) is 11.1 Å². The van der Waals surface area contributed by atoms with Crippen molar-refractivity contribution in [1.82, 2.24) is 0 Å². The van der Waals surface area contributed by atoms with Gasteiger partial charge in [0.1, 0.15) is 7.05 Å². The molecule has 0 aliphatic carbocycles. The third-order valence-corrected chi connectivity index (χ3v) is 3.00. The van der Waals surface area contributed by atoms with Crippen LogP contribution in [0.5, 0.6) is 0 Å². The van der Waals surface area contributed by atoms with Crippen molar-refractivity contribution in [3.8, 4) is 0 Å². The molecule has 0 amide bonds. The number of nitrogens with zero attached hydrogens (tertiary/aromatic N) is 1. The van der Waals surface area contributed by atoms with Gasteiger partial charge in [0.25, 0.3) is 0 Å². The van der Waals surface area contributed by atoms with Crippen LogP contribution in [-0.4, -0.2) is 17.8 Å². The van der Waals surface area contributed by atoms with Crippen molar-refractivity contribution in [2.45, 2.75) is 6.92 Å². The van der Waals surface area contributed by atoms with Gasteiger partial charge in [-0.3, -0.25) is 0 Å². The average molecular weight is 264 g/mol. The van der Waals surface area contributed by atoms with Crippen LogP contribution in [0.3, 0.4) is 0 Å². The third kappa shape index (κ3) is 4.36. The molecule has 0 aromatic heterocycles. The second-order valence-corrected chi connectivity index (χ2v) is 4.70. The molecule has 0 unspecified atom stereocenters. The van der Waals surface area contributed by atoms with E-state index in [2.05, 4.69) is 57.5 Å². The molecule has 0 saturated carbocycles. The first-order valence-corrected chi connectivity index (χ1v) is 6.46. The van der Waals surface area contributed by atoms with Crippen LogP contribution in [0.2, 0.25) is 0 Å². The lowest BCUT2D eigenvalue weighted by Crippen LogP contribution is -2.07. The zero-order valence-electron chi connectivity index (χ0n) is 12.4. The number of hydrogen-bond acceptors (Lipinski definition) is 0. The fourth-order valence-corrected chi connectivity index (χ4v) is 1.66. The van der Waals surface area contributed by atoms with E-state index in [0.717, 1.165) is 22.4 Å². The third-order valence-electron chi connectivity index (χ3n) is 3.00. The molecule has 1 nitrogen and oxygen atoms in total. The Labute approximate surface area is 122 Å². The summed E-state index contributed by atoms with van der Waals surface area (Å²) in [5.74, 6) is 0. The molecule has 1 aromatic rings. The normalized spacial score (nSPS) is 11.4. The molecule has 0 radical (unpaired) electrons. The minimum atomic E-state index is 0.830. The Hall–Kier alpha value is -2.41. The molecule has 0 spiro atoms. The van der Waals surface area contributed by atoms with Gasteiger partial charge in [-0.25, -0.2) is 4.58 Å². The highest BCUT2D eigenvalue weighted by molar-refractivity contribution is 6.06. The van der Waals surface area contributed by atoms with E-state index in [1.165, 1.54) is 5.56 Å².